The molecule has 1 saturated carbocycles. The smallest absolute Gasteiger partial charge is 0.0102 e. The van der Waals surface area contributed by atoms with Crippen LogP contribution in [0.1, 0.15) is 40.5 Å². The van der Waals surface area contributed by atoms with Crippen LogP contribution >= 0.6 is 0 Å². The Morgan fingerprint density at radius 3 is 2.50 bits per heavy atom. The molecule has 1 aliphatic rings. The molecule has 0 bridgehead atoms. The molecule has 0 aromatic carbocycles. The molecule has 4 unspecified atom stereocenters. The maximum absolute atomic E-state index is 3.52. The summed E-state index contributed by atoms with van der Waals surface area (Å²) in [5.41, 5.74) is 0. The first-order chi connectivity index (χ1) is 7.56. The Bertz CT molecular complexity index is 193. The summed E-state index contributed by atoms with van der Waals surface area (Å²) >= 11 is 0. The van der Waals surface area contributed by atoms with Crippen molar-refractivity contribution in [3.8, 4) is 0 Å². The summed E-state index contributed by atoms with van der Waals surface area (Å²) < 4.78 is 0. The van der Waals surface area contributed by atoms with Gasteiger partial charge in [-0.1, -0.05) is 20.8 Å². The third-order valence-electron chi connectivity index (χ3n) is 4.21. The number of hydrogen-bond donors (Lipinski definition) is 1. The Labute approximate surface area is 102 Å². The van der Waals surface area contributed by atoms with Gasteiger partial charge in [-0.15, -0.1) is 0 Å². The summed E-state index contributed by atoms with van der Waals surface area (Å²) in [6.45, 7) is 12.9. The molecule has 1 rings (SSSR count). The topological polar surface area (TPSA) is 15.3 Å². The quantitative estimate of drug-likeness (QED) is 0.640. The average molecular weight is 226 g/mol. The molecule has 16 heavy (non-hydrogen) atoms. The Kier molecular flexibility index (Phi) is 5.77. The van der Waals surface area contributed by atoms with Gasteiger partial charge >= 0.3 is 0 Å². The van der Waals surface area contributed by atoms with Crippen LogP contribution < -0.4 is 5.32 Å². The van der Waals surface area contributed by atoms with Crippen molar-refractivity contribution >= 4 is 0 Å². The highest BCUT2D eigenvalue weighted by Gasteiger charge is 2.34. The lowest BCUT2D eigenvalue weighted by Gasteiger charge is -2.30. The van der Waals surface area contributed by atoms with Crippen LogP contribution in [0, 0.1) is 17.8 Å². The summed E-state index contributed by atoms with van der Waals surface area (Å²) in [5.74, 6) is 2.69. The fraction of sp³-hybridized carbons (Fsp3) is 1.00. The summed E-state index contributed by atoms with van der Waals surface area (Å²) in [6.07, 6.45) is 2.68. The number of nitrogens with one attached hydrogen (secondary N) is 1. The zero-order chi connectivity index (χ0) is 12.1. The molecule has 4 atom stereocenters. The van der Waals surface area contributed by atoms with E-state index < -0.39 is 0 Å². The summed E-state index contributed by atoms with van der Waals surface area (Å²) in [7, 11) is 2.28. The molecule has 1 aliphatic carbocycles. The second-order valence-electron chi connectivity index (χ2n) is 5.83. The molecule has 0 aliphatic heterocycles. The Morgan fingerprint density at radius 2 is 2.00 bits per heavy atom. The van der Waals surface area contributed by atoms with Crippen molar-refractivity contribution in [2.45, 2.75) is 46.6 Å². The minimum Gasteiger partial charge on any atom is -0.316 e. The maximum Gasteiger partial charge on any atom is 0.0102 e. The summed E-state index contributed by atoms with van der Waals surface area (Å²) in [6, 6.07) is 0.692. The third-order valence-corrected chi connectivity index (χ3v) is 4.21. The van der Waals surface area contributed by atoms with E-state index >= 15 is 0 Å². The van der Waals surface area contributed by atoms with Gasteiger partial charge < -0.3 is 10.2 Å². The van der Waals surface area contributed by atoms with E-state index in [1.165, 1.54) is 19.4 Å². The van der Waals surface area contributed by atoms with Crippen molar-refractivity contribution in [3.05, 3.63) is 0 Å². The lowest BCUT2D eigenvalue weighted by atomic mass is 10.0. The molecule has 0 aromatic heterocycles. The zero-order valence-corrected chi connectivity index (χ0v) is 11.8. The van der Waals surface area contributed by atoms with Crippen LogP contribution in [0.25, 0.3) is 0 Å². The molecule has 1 fully saturated rings. The van der Waals surface area contributed by atoms with Crippen molar-refractivity contribution in [2.24, 2.45) is 17.8 Å². The number of rotatable bonds is 8. The van der Waals surface area contributed by atoms with Crippen molar-refractivity contribution < 1.29 is 0 Å². The zero-order valence-electron chi connectivity index (χ0n) is 11.8. The van der Waals surface area contributed by atoms with Crippen LogP contribution in [-0.4, -0.2) is 37.6 Å². The summed E-state index contributed by atoms with van der Waals surface area (Å²) in [4.78, 5) is 2.55. The van der Waals surface area contributed by atoms with Gasteiger partial charge in [0.1, 0.15) is 0 Å². The molecule has 2 heteroatoms. The van der Waals surface area contributed by atoms with Gasteiger partial charge in [0.2, 0.25) is 0 Å². The first-order valence-electron chi connectivity index (χ1n) is 6.97. The van der Waals surface area contributed by atoms with Crippen molar-refractivity contribution in [1.29, 1.82) is 0 Å². The van der Waals surface area contributed by atoms with Gasteiger partial charge in [0.05, 0.1) is 0 Å². The minimum atomic E-state index is 0.692. The van der Waals surface area contributed by atoms with Gasteiger partial charge in [0.15, 0.2) is 0 Å². The summed E-state index contributed by atoms with van der Waals surface area (Å²) in [5, 5.41) is 3.52. The van der Waals surface area contributed by atoms with Crippen LogP contribution in [0.15, 0.2) is 0 Å². The predicted molar refractivity (Wildman–Crippen MR) is 71.7 cm³/mol. The Morgan fingerprint density at radius 1 is 1.38 bits per heavy atom. The number of nitrogens with zero attached hydrogens (tertiary/aromatic N) is 1. The van der Waals surface area contributed by atoms with E-state index in [1.807, 2.05) is 0 Å². The Hall–Kier alpha value is -0.0800. The van der Waals surface area contributed by atoms with E-state index in [2.05, 4.69) is 45.0 Å². The largest absolute Gasteiger partial charge is 0.316 e. The standard InChI is InChI=1S/C14H30N2/c1-6-7-15-9-12(3)13(4)16(5)10-14-8-11(14)2/h11-15H,6-10H2,1-5H3. The fourth-order valence-corrected chi connectivity index (χ4v) is 2.30. The van der Waals surface area contributed by atoms with Gasteiger partial charge in [-0.25, -0.2) is 0 Å². The van der Waals surface area contributed by atoms with Gasteiger partial charge in [0, 0.05) is 12.6 Å². The average Bonchev–Trinajstić information content (AvgIpc) is 2.93. The second kappa shape index (κ2) is 6.61. The van der Waals surface area contributed by atoms with Gasteiger partial charge in [0.25, 0.3) is 0 Å². The molecule has 0 aromatic rings. The molecule has 0 radical (unpaired) electrons. The minimum absolute atomic E-state index is 0.692. The van der Waals surface area contributed by atoms with E-state index in [9.17, 15) is 0 Å². The van der Waals surface area contributed by atoms with Gasteiger partial charge in [-0.2, -0.15) is 0 Å². The first-order valence-corrected chi connectivity index (χ1v) is 6.97. The van der Waals surface area contributed by atoms with E-state index in [0.717, 1.165) is 30.8 Å². The monoisotopic (exact) mass is 226 g/mol. The molecule has 1 N–H and O–H groups in total. The van der Waals surface area contributed by atoms with E-state index in [0.29, 0.717) is 6.04 Å². The van der Waals surface area contributed by atoms with Crippen molar-refractivity contribution in [3.63, 3.8) is 0 Å². The Balaban J connectivity index is 2.17. The van der Waals surface area contributed by atoms with E-state index in [-0.39, 0.29) is 0 Å². The highest BCUT2D eigenvalue weighted by atomic mass is 15.1. The second-order valence-corrected chi connectivity index (χ2v) is 5.83. The maximum atomic E-state index is 3.52. The molecule has 0 saturated heterocycles. The lowest BCUT2D eigenvalue weighted by Crippen LogP contribution is -2.40. The highest BCUT2D eigenvalue weighted by Crippen LogP contribution is 2.38. The van der Waals surface area contributed by atoms with Crippen LogP contribution in [0.2, 0.25) is 0 Å². The normalized spacial score (nSPS) is 28.1. The van der Waals surface area contributed by atoms with E-state index in [1.54, 1.807) is 0 Å². The molecular formula is C14H30N2. The lowest BCUT2D eigenvalue weighted by molar-refractivity contribution is 0.187. The van der Waals surface area contributed by atoms with Gasteiger partial charge in [-0.05, 0) is 57.7 Å². The van der Waals surface area contributed by atoms with Crippen LogP contribution in [-0.2, 0) is 0 Å². The first kappa shape index (κ1) is 14.0. The fourth-order valence-electron chi connectivity index (χ4n) is 2.30. The SMILES string of the molecule is CCCNCC(C)C(C)N(C)CC1CC1C. The molecule has 0 spiro atoms. The molecule has 2 nitrogen and oxygen atoms in total. The van der Waals surface area contributed by atoms with E-state index in [4.69, 9.17) is 0 Å². The van der Waals surface area contributed by atoms with Crippen molar-refractivity contribution in [2.75, 3.05) is 26.7 Å². The molecule has 0 heterocycles. The molecule has 96 valence electrons. The highest BCUT2D eigenvalue weighted by molar-refractivity contribution is 4.86. The number of hydrogen-bond acceptors (Lipinski definition) is 2. The van der Waals surface area contributed by atoms with Crippen LogP contribution in [0.4, 0.5) is 0 Å². The predicted octanol–water partition coefficient (Wildman–Crippen LogP) is 2.60. The van der Waals surface area contributed by atoms with Crippen LogP contribution in [0.3, 0.4) is 0 Å². The van der Waals surface area contributed by atoms with Crippen molar-refractivity contribution in [1.82, 2.24) is 10.2 Å². The third kappa shape index (κ3) is 4.42. The van der Waals surface area contributed by atoms with Crippen LogP contribution in [0.5, 0.6) is 0 Å². The van der Waals surface area contributed by atoms with Gasteiger partial charge in [-0.3, -0.25) is 0 Å². The molecule has 0 amide bonds. The molecular weight excluding hydrogens is 196 g/mol.